The number of pyridine rings is 1. The third kappa shape index (κ3) is 5.24. The number of nitriles is 1. The molecule has 1 aromatic rings. The molecular formula is C15H21ClN4O. The van der Waals surface area contributed by atoms with Crippen molar-refractivity contribution in [2.24, 2.45) is 5.92 Å². The second-order valence-electron chi connectivity index (χ2n) is 5.13. The van der Waals surface area contributed by atoms with Gasteiger partial charge in [0.05, 0.1) is 23.1 Å². The van der Waals surface area contributed by atoms with Crippen LogP contribution in [0.3, 0.4) is 0 Å². The summed E-state index contributed by atoms with van der Waals surface area (Å²) >= 11 is 6.10. The van der Waals surface area contributed by atoms with Crippen molar-refractivity contribution < 1.29 is 4.79 Å². The van der Waals surface area contributed by atoms with Crippen LogP contribution in [0.4, 0.5) is 5.82 Å². The summed E-state index contributed by atoms with van der Waals surface area (Å²) in [6.07, 6.45) is 1.78. The van der Waals surface area contributed by atoms with Gasteiger partial charge in [-0.2, -0.15) is 5.26 Å². The molecule has 0 spiro atoms. The van der Waals surface area contributed by atoms with Gasteiger partial charge in [0.15, 0.2) is 0 Å². The molecule has 0 fully saturated rings. The van der Waals surface area contributed by atoms with Crippen LogP contribution >= 0.6 is 11.6 Å². The van der Waals surface area contributed by atoms with Crippen LogP contribution in [0, 0.1) is 17.2 Å². The highest BCUT2D eigenvalue weighted by Crippen LogP contribution is 2.20. The Bertz CT molecular complexity index is 525. The number of halogens is 1. The first-order valence-corrected chi connectivity index (χ1v) is 7.43. The zero-order chi connectivity index (χ0) is 15.8. The van der Waals surface area contributed by atoms with Gasteiger partial charge in [0.25, 0.3) is 5.91 Å². The third-order valence-electron chi connectivity index (χ3n) is 2.81. The standard InChI is InChI=1S/C15H21ClN4O/c1-4-18-14-8-12(13(16)9-19-14)15(21)20(7-5-6-17)10-11(2)3/h8-9,11H,4-5,7,10H2,1-3H3,(H,18,19). The van der Waals surface area contributed by atoms with Gasteiger partial charge >= 0.3 is 0 Å². The van der Waals surface area contributed by atoms with E-state index in [0.29, 0.717) is 48.4 Å². The largest absolute Gasteiger partial charge is 0.370 e. The number of anilines is 1. The van der Waals surface area contributed by atoms with Crippen molar-refractivity contribution in [2.75, 3.05) is 25.0 Å². The Morgan fingerprint density at radius 3 is 2.86 bits per heavy atom. The molecule has 0 radical (unpaired) electrons. The molecule has 1 aromatic heterocycles. The Hall–Kier alpha value is -1.80. The average molecular weight is 309 g/mol. The first kappa shape index (κ1) is 17.3. The summed E-state index contributed by atoms with van der Waals surface area (Å²) in [6, 6.07) is 3.73. The van der Waals surface area contributed by atoms with Gasteiger partial charge in [-0.05, 0) is 18.9 Å². The first-order chi connectivity index (χ1) is 9.99. The highest BCUT2D eigenvalue weighted by Gasteiger charge is 2.20. The quantitative estimate of drug-likeness (QED) is 0.840. The lowest BCUT2D eigenvalue weighted by atomic mass is 10.1. The molecule has 0 atom stereocenters. The van der Waals surface area contributed by atoms with Gasteiger partial charge in [-0.25, -0.2) is 4.98 Å². The Morgan fingerprint density at radius 1 is 1.57 bits per heavy atom. The lowest BCUT2D eigenvalue weighted by Crippen LogP contribution is -2.35. The van der Waals surface area contributed by atoms with E-state index in [9.17, 15) is 4.79 Å². The van der Waals surface area contributed by atoms with E-state index in [1.54, 1.807) is 11.0 Å². The molecule has 0 aliphatic rings. The highest BCUT2D eigenvalue weighted by molar-refractivity contribution is 6.33. The molecule has 1 heterocycles. The smallest absolute Gasteiger partial charge is 0.255 e. The van der Waals surface area contributed by atoms with Gasteiger partial charge < -0.3 is 10.2 Å². The van der Waals surface area contributed by atoms with Crippen molar-refractivity contribution in [1.29, 1.82) is 5.26 Å². The number of carbonyl (C=O) groups excluding carboxylic acids is 1. The normalized spacial score (nSPS) is 10.3. The fourth-order valence-electron chi connectivity index (χ4n) is 1.95. The predicted octanol–water partition coefficient (Wildman–Crippen LogP) is 3.18. The maximum absolute atomic E-state index is 12.6. The maximum Gasteiger partial charge on any atom is 0.255 e. The number of aromatic nitrogens is 1. The molecule has 1 N–H and O–H groups in total. The maximum atomic E-state index is 12.6. The van der Waals surface area contributed by atoms with Gasteiger partial charge in [-0.1, -0.05) is 25.4 Å². The topological polar surface area (TPSA) is 69.0 Å². The predicted molar refractivity (Wildman–Crippen MR) is 84.4 cm³/mol. The molecule has 0 aromatic carbocycles. The molecule has 0 aliphatic heterocycles. The van der Waals surface area contributed by atoms with Crippen molar-refractivity contribution in [3.8, 4) is 6.07 Å². The summed E-state index contributed by atoms with van der Waals surface area (Å²) in [5, 5.41) is 12.1. The summed E-state index contributed by atoms with van der Waals surface area (Å²) in [4.78, 5) is 18.4. The van der Waals surface area contributed by atoms with Crippen molar-refractivity contribution in [3.05, 3.63) is 22.8 Å². The van der Waals surface area contributed by atoms with Gasteiger partial charge in [0.1, 0.15) is 5.82 Å². The number of hydrogen-bond donors (Lipinski definition) is 1. The number of hydrogen-bond acceptors (Lipinski definition) is 4. The first-order valence-electron chi connectivity index (χ1n) is 7.05. The molecule has 1 amide bonds. The van der Waals surface area contributed by atoms with Crippen molar-refractivity contribution in [3.63, 3.8) is 0 Å². The van der Waals surface area contributed by atoms with Crippen molar-refractivity contribution in [1.82, 2.24) is 9.88 Å². The Balaban J connectivity index is 3.01. The van der Waals surface area contributed by atoms with E-state index in [1.165, 1.54) is 6.20 Å². The summed E-state index contributed by atoms with van der Waals surface area (Å²) in [5.74, 6) is 0.780. The summed E-state index contributed by atoms with van der Waals surface area (Å²) in [7, 11) is 0. The van der Waals surface area contributed by atoms with Gasteiger partial charge in [-0.3, -0.25) is 4.79 Å². The van der Waals surface area contributed by atoms with Crippen LogP contribution in [-0.2, 0) is 0 Å². The molecule has 5 nitrogen and oxygen atoms in total. The Kier molecular flexibility index (Phi) is 6.97. The monoisotopic (exact) mass is 308 g/mol. The van der Waals surface area contributed by atoms with Crippen LogP contribution in [0.2, 0.25) is 5.02 Å². The van der Waals surface area contributed by atoms with Crippen LogP contribution in [0.5, 0.6) is 0 Å². The molecule has 0 saturated heterocycles. The lowest BCUT2D eigenvalue weighted by molar-refractivity contribution is 0.0740. The molecule has 0 unspecified atom stereocenters. The van der Waals surface area contributed by atoms with Crippen LogP contribution in [-0.4, -0.2) is 35.4 Å². The highest BCUT2D eigenvalue weighted by atomic mass is 35.5. The average Bonchev–Trinajstić information content (AvgIpc) is 2.44. The fourth-order valence-corrected chi connectivity index (χ4v) is 2.14. The minimum atomic E-state index is -0.162. The summed E-state index contributed by atoms with van der Waals surface area (Å²) in [5.41, 5.74) is 0.418. The zero-order valence-corrected chi connectivity index (χ0v) is 13.4. The third-order valence-corrected chi connectivity index (χ3v) is 3.11. The molecule has 0 aliphatic carbocycles. The second-order valence-corrected chi connectivity index (χ2v) is 5.54. The number of rotatable bonds is 7. The van der Waals surface area contributed by atoms with E-state index in [-0.39, 0.29) is 5.91 Å². The fraction of sp³-hybridized carbons (Fsp3) is 0.533. The van der Waals surface area contributed by atoms with Gasteiger partial charge in [-0.15, -0.1) is 0 Å². The van der Waals surface area contributed by atoms with Crippen molar-refractivity contribution >= 4 is 23.3 Å². The van der Waals surface area contributed by atoms with E-state index in [1.807, 2.05) is 20.8 Å². The van der Waals surface area contributed by atoms with E-state index in [4.69, 9.17) is 16.9 Å². The van der Waals surface area contributed by atoms with Gasteiger partial charge in [0, 0.05) is 25.8 Å². The summed E-state index contributed by atoms with van der Waals surface area (Å²) in [6.45, 7) is 7.73. The van der Waals surface area contributed by atoms with E-state index in [2.05, 4.69) is 16.4 Å². The van der Waals surface area contributed by atoms with Gasteiger partial charge in [0.2, 0.25) is 0 Å². The molecule has 114 valence electrons. The molecule has 1 rings (SSSR count). The second kappa shape index (κ2) is 8.48. The minimum absolute atomic E-state index is 0.162. The van der Waals surface area contributed by atoms with Crippen LogP contribution in [0.25, 0.3) is 0 Å². The molecule has 6 heteroatoms. The molecular weight excluding hydrogens is 288 g/mol. The van der Waals surface area contributed by atoms with Crippen LogP contribution < -0.4 is 5.32 Å². The molecule has 0 bridgehead atoms. The minimum Gasteiger partial charge on any atom is -0.370 e. The summed E-state index contributed by atoms with van der Waals surface area (Å²) < 4.78 is 0. The zero-order valence-electron chi connectivity index (χ0n) is 12.7. The molecule has 21 heavy (non-hydrogen) atoms. The number of amides is 1. The molecule has 0 saturated carbocycles. The van der Waals surface area contributed by atoms with Crippen LogP contribution in [0.15, 0.2) is 12.3 Å². The number of nitrogens with one attached hydrogen (secondary N) is 1. The van der Waals surface area contributed by atoms with E-state index in [0.717, 1.165) is 0 Å². The SMILES string of the molecule is CCNc1cc(C(=O)N(CCC#N)CC(C)C)c(Cl)cn1. The Labute approximate surface area is 130 Å². The lowest BCUT2D eigenvalue weighted by Gasteiger charge is -2.24. The van der Waals surface area contributed by atoms with Crippen molar-refractivity contribution in [2.45, 2.75) is 27.2 Å². The Morgan fingerprint density at radius 2 is 2.29 bits per heavy atom. The van der Waals surface area contributed by atoms with E-state index < -0.39 is 0 Å². The number of carbonyl (C=O) groups is 1. The number of nitrogens with zero attached hydrogens (tertiary/aromatic N) is 3. The van der Waals surface area contributed by atoms with Crippen LogP contribution in [0.1, 0.15) is 37.6 Å². The van der Waals surface area contributed by atoms with E-state index >= 15 is 0 Å².